The Balaban J connectivity index is 2.77. The van der Waals surface area contributed by atoms with Gasteiger partial charge in [0.25, 0.3) is 0 Å². The number of hydrogen-bond acceptors (Lipinski definition) is 1. The van der Waals surface area contributed by atoms with E-state index in [0.717, 1.165) is 6.08 Å². The predicted molar refractivity (Wildman–Crippen MR) is 38.5 cm³/mol. The molecular formula is C8H8F4O. The molecule has 1 nitrogen and oxygen atoms in total. The fraction of sp³-hybridized carbons (Fsp3) is 0.500. The maximum absolute atomic E-state index is 12.6. The third-order valence-corrected chi connectivity index (χ3v) is 1.62. The molecule has 0 radical (unpaired) electrons. The van der Waals surface area contributed by atoms with Gasteiger partial charge >= 0.3 is 6.61 Å². The third kappa shape index (κ3) is 2.84. The van der Waals surface area contributed by atoms with Crippen molar-refractivity contribution in [3.8, 4) is 0 Å². The van der Waals surface area contributed by atoms with Crippen molar-refractivity contribution >= 4 is 0 Å². The summed E-state index contributed by atoms with van der Waals surface area (Å²) in [5.74, 6) is -1.70. The second kappa shape index (κ2) is 3.49. The Hall–Kier alpha value is -0.840. The molecule has 1 rings (SSSR count). The Morgan fingerprint density at radius 3 is 2.54 bits per heavy atom. The Labute approximate surface area is 72.7 Å². The van der Waals surface area contributed by atoms with Gasteiger partial charge in [-0.25, -0.2) is 8.78 Å². The van der Waals surface area contributed by atoms with Crippen LogP contribution in [-0.4, -0.2) is 12.2 Å². The molecule has 0 aromatic heterocycles. The van der Waals surface area contributed by atoms with Crippen LogP contribution in [0, 0.1) is 0 Å². The molecule has 13 heavy (non-hydrogen) atoms. The summed E-state index contributed by atoms with van der Waals surface area (Å²) in [5, 5.41) is 0. The third-order valence-electron chi connectivity index (χ3n) is 1.62. The first kappa shape index (κ1) is 10.2. The van der Waals surface area contributed by atoms with Gasteiger partial charge in [-0.1, -0.05) is 0 Å². The average Bonchev–Trinajstić information content (AvgIpc) is 1.77. The van der Waals surface area contributed by atoms with E-state index in [1.807, 2.05) is 0 Å². The normalized spacial score (nSPS) is 28.8. The smallest absolute Gasteiger partial charge is 0.312 e. The highest BCUT2D eigenvalue weighted by molar-refractivity contribution is 5.25. The summed E-state index contributed by atoms with van der Waals surface area (Å²) >= 11 is 0. The molecule has 0 aromatic carbocycles. The van der Waals surface area contributed by atoms with Gasteiger partial charge in [0.05, 0.1) is 5.60 Å². The van der Waals surface area contributed by atoms with E-state index in [0.29, 0.717) is 6.08 Å². The van der Waals surface area contributed by atoms with Crippen LogP contribution < -0.4 is 0 Å². The Morgan fingerprint density at radius 2 is 2.08 bits per heavy atom. The highest BCUT2D eigenvalue weighted by atomic mass is 19.3. The molecule has 0 heterocycles. The van der Waals surface area contributed by atoms with Gasteiger partial charge < -0.3 is 4.74 Å². The molecule has 1 aliphatic carbocycles. The van der Waals surface area contributed by atoms with Crippen LogP contribution in [-0.2, 0) is 4.74 Å². The van der Waals surface area contributed by atoms with Crippen LogP contribution in [0.3, 0.4) is 0 Å². The van der Waals surface area contributed by atoms with Crippen LogP contribution in [0.4, 0.5) is 17.6 Å². The standard InChI is InChI=1S/C8H8F4O/c1-8(13-7(11)12)3-5(9)2-6(10)4-8/h2-3,7H,4H2,1H3. The lowest BCUT2D eigenvalue weighted by Gasteiger charge is -2.27. The topological polar surface area (TPSA) is 9.23 Å². The zero-order chi connectivity index (χ0) is 10.1. The number of halogens is 4. The second-order valence-electron chi connectivity index (χ2n) is 2.99. The van der Waals surface area contributed by atoms with Crippen molar-refractivity contribution < 1.29 is 22.3 Å². The van der Waals surface area contributed by atoms with Crippen LogP contribution in [0.25, 0.3) is 0 Å². The molecule has 0 saturated carbocycles. The largest absolute Gasteiger partial charge is 0.346 e. The minimum Gasteiger partial charge on any atom is -0.312 e. The fourth-order valence-corrected chi connectivity index (χ4v) is 1.20. The van der Waals surface area contributed by atoms with E-state index in [-0.39, 0.29) is 6.42 Å². The average molecular weight is 196 g/mol. The minimum atomic E-state index is -3.04. The molecule has 1 aliphatic rings. The zero-order valence-corrected chi connectivity index (χ0v) is 6.86. The summed E-state index contributed by atoms with van der Waals surface area (Å²) < 4.78 is 52.9. The van der Waals surface area contributed by atoms with Crippen molar-refractivity contribution in [3.05, 3.63) is 23.8 Å². The number of rotatable bonds is 2. The summed E-state index contributed by atoms with van der Waals surface area (Å²) in [5.41, 5.74) is -1.59. The van der Waals surface area contributed by atoms with Gasteiger partial charge in [0.2, 0.25) is 0 Å². The van der Waals surface area contributed by atoms with Gasteiger partial charge in [-0.2, -0.15) is 8.78 Å². The predicted octanol–water partition coefficient (Wildman–Crippen LogP) is 3.09. The molecule has 0 aliphatic heterocycles. The van der Waals surface area contributed by atoms with Gasteiger partial charge in [0.15, 0.2) is 0 Å². The molecule has 1 unspecified atom stereocenters. The maximum atomic E-state index is 12.6. The molecule has 0 spiro atoms. The van der Waals surface area contributed by atoms with Crippen molar-refractivity contribution in [2.24, 2.45) is 0 Å². The molecule has 1 atom stereocenters. The zero-order valence-electron chi connectivity index (χ0n) is 6.86. The lowest BCUT2D eigenvalue weighted by atomic mass is 9.96. The van der Waals surface area contributed by atoms with Crippen molar-refractivity contribution in [2.45, 2.75) is 25.6 Å². The van der Waals surface area contributed by atoms with E-state index in [9.17, 15) is 17.6 Å². The molecule has 0 bridgehead atoms. The van der Waals surface area contributed by atoms with Crippen molar-refractivity contribution in [2.75, 3.05) is 0 Å². The molecular weight excluding hydrogens is 188 g/mol. The highest BCUT2D eigenvalue weighted by Gasteiger charge is 2.31. The molecule has 0 saturated heterocycles. The molecule has 0 amide bonds. The molecule has 0 N–H and O–H groups in total. The summed E-state index contributed by atoms with van der Waals surface area (Å²) in [6, 6.07) is 0. The maximum Gasteiger partial charge on any atom is 0.346 e. The van der Waals surface area contributed by atoms with E-state index < -0.39 is 23.9 Å². The van der Waals surface area contributed by atoms with E-state index in [1.54, 1.807) is 0 Å². The van der Waals surface area contributed by atoms with Crippen LogP contribution >= 0.6 is 0 Å². The Morgan fingerprint density at radius 1 is 1.46 bits per heavy atom. The highest BCUT2D eigenvalue weighted by Crippen LogP contribution is 2.31. The lowest BCUT2D eigenvalue weighted by molar-refractivity contribution is -0.187. The Kier molecular flexibility index (Phi) is 2.75. The quantitative estimate of drug-likeness (QED) is 0.616. The number of hydrogen-bond donors (Lipinski definition) is 0. The van der Waals surface area contributed by atoms with Crippen LogP contribution in [0.2, 0.25) is 0 Å². The fourth-order valence-electron chi connectivity index (χ4n) is 1.20. The number of alkyl halides is 2. The second-order valence-corrected chi connectivity index (χ2v) is 2.99. The summed E-state index contributed by atoms with van der Waals surface area (Å²) in [6.45, 7) is -1.84. The van der Waals surface area contributed by atoms with E-state index in [2.05, 4.69) is 4.74 Å². The number of allylic oxidation sites excluding steroid dienone is 2. The van der Waals surface area contributed by atoms with E-state index in [4.69, 9.17) is 0 Å². The van der Waals surface area contributed by atoms with Gasteiger partial charge in [-0.05, 0) is 13.0 Å². The van der Waals surface area contributed by atoms with Crippen LogP contribution in [0.5, 0.6) is 0 Å². The monoisotopic (exact) mass is 196 g/mol. The first-order valence-electron chi connectivity index (χ1n) is 3.62. The van der Waals surface area contributed by atoms with Crippen LogP contribution in [0.1, 0.15) is 13.3 Å². The Bertz CT molecular complexity index is 259. The SMILES string of the molecule is CC1(OC(F)F)C=C(F)C=C(F)C1. The molecule has 5 heteroatoms. The summed E-state index contributed by atoms with van der Waals surface area (Å²) in [7, 11) is 0. The lowest BCUT2D eigenvalue weighted by Crippen LogP contribution is -2.30. The molecule has 0 fully saturated rings. The summed E-state index contributed by atoms with van der Waals surface area (Å²) in [4.78, 5) is 0. The van der Waals surface area contributed by atoms with E-state index in [1.165, 1.54) is 6.92 Å². The summed E-state index contributed by atoms with van der Waals surface area (Å²) in [6.07, 6.45) is 1.11. The van der Waals surface area contributed by atoms with Crippen LogP contribution in [0.15, 0.2) is 23.8 Å². The van der Waals surface area contributed by atoms with Gasteiger partial charge in [-0.3, -0.25) is 0 Å². The van der Waals surface area contributed by atoms with Gasteiger partial charge in [0, 0.05) is 12.5 Å². The minimum absolute atomic E-state index is 0.370. The number of ether oxygens (including phenoxy) is 1. The first-order chi connectivity index (χ1) is 5.91. The van der Waals surface area contributed by atoms with Crippen molar-refractivity contribution in [1.82, 2.24) is 0 Å². The first-order valence-corrected chi connectivity index (χ1v) is 3.62. The van der Waals surface area contributed by atoms with Crippen molar-refractivity contribution in [3.63, 3.8) is 0 Å². The van der Waals surface area contributed by atoms with Crippen molar-refractivity contribution in [1.29, 1.82) is 0 Å². The van der Waals surface area contributed by atoms with Gasteiger partial charge in [0.1, 0.15) is 11.7 Å². The molecule has 0 aromatic rings. The van der Waals surface area contributed by atoms with E-state index >= 15 is 0 Å². The molecule has 74 valence electrons. The van der Waals surface area contributed by atoms with Gasteiger partial charge in [-0.15, -0.1) is 0 Å².